The van der Waals surface area contributed by atoms with E-state index in [0.717, 1.165) is 19.3 Å². The molecule has 0 saturated heterocycles. The quantitative estimate of drug-likeness (QED) is 0.586. The Morgan fingerprint density at radius 3 is 2.53 bits per heavy atom. The van der Waals surface area contributed by atoms with E-state index in [4.69, 9.17) is 4.74 Å². The molecule has 1 unspecified atom stereocenters. The van der Waals surface area contributed by atoms with Gasteiger partial charge in [0.15, 0.2) is 0 Å². The summed E-state index contributed by atoms with van der Waals surface area (Å²) >= 11 is 4.50. The van der Waals surface area contributed by atoms with Crippen molar-refractivity contribution in [2.45, 2.75) is 6.10 Å². The second kappa shape index (κ2) is 6.70. The Morgan fingerprint density at radius 1 is 1.47 bits per heavy atom. The normalized spacial score (nSPS) is 13.7. The maximum atomic E-state index is 9.86. The van der Waals surface area contributed by atoms with Gasteiger partial charge in [-0.25, -0.2) is 0 Å². The van der Waals surface area contributed by atoms with E-state index in [1.165, 1.54) is 0 Å². The Kier molecular flexibility index (Phi) is 5.91. The first kappa shape index (κ1) is 13.2. The van der Waals surface area contributed by atoms with Crippen molar-refractivity contribution in [2.75, 3.05) is 11.5 Å². The lowest BCUT2D eigenvalue weighted by atomic mass is 10.1. The Balaban J connectivity index is 2.78. The maximum absolute atomic E-state index is 9.86. The molecule has 2 nitrogen and oxygen atoms in total. The monoisotopic (exact) mass is 430 g/mol. The Morgan fingerprint density at radius 2 is 2.07 bits per heavy atom. The third-order valence-electron chi connectivity index (χ3n) is 1.92. The van der Waals surface area contributed by atoms with Crippen molar-refractivity contribution in [1.29, 1.82) is 0 Å². The summed E-state index contributed by atoms with van der Waals surface area (Å²) in [5.41, 5.74) is 0.884. The Bertz CT molecular complexity index is 333. The summed E-state index contributed by atoms with van der Waals surface area (Å²) in [5, 5.41) is 9.86. The van der Waals surface area contributed by atoms with E-state index in [9.17, 15) is 5.11 Å². The fourth-order valence-corrected chi connectivity index (χ4v) is 1.71. The van der Waals surface area contributed by atoms with E-state index in [2.05, 4.69) is 45.2 Å². The number of halogens is 2. The molecule has 82 valence electrons. The van der Waals surface area contributed by atoms with Crippen LogP contribution in [0.4, 0.5) is 0 Å². The van der Waals surface area contributed by atoms with Crippen LogP contribution in [0.15, 0.2) is 33.9 Å². The standard InChI is InChI=1S/C11H12I2O2/c1-15-10-4-2-8(3-5-10)11(14)6-9(13)7-12/h2-6,11,14H,7H2,1H3/b9-6+. The number of aliphatic hydroxyl groups is 1. The van der Waals surface area contributed by atoms with Crippen molar-refractivity contribution in [3.05, 3.63) is 39.5 Å². The molecule has 0 aliphatic heterocycles. The lowest BCUT2D eigenvalue weighted by molar-refractivity contribution is 0.228. The van der Waals surface area contributed by atoms with Gasteiger partial charge in [-0.15, -0.1) is 0 Å². The van der Waals surface area contributed by atoms with Crippen LogP contribution < -0.4 is 4.74 Å². The largest absolute Gasteiger partial charge is 0.497 e. The highest BCUT2D eigenvalue weighted by Gasteiger charge is 2.04. The van der Waals surface area contributed by atoms with Gasteiger partial charge >= 0.3 is 0 Å². The molecule has 0 amide bonds. The zero-order valence-electron chi connectivity index (χ0n) is 8.28. The third-order valence-corrected chi connectivity index (χ3v) is 4.95. The van der Waals surface area contributed by atoms with Gasteiger partial charge in [0, 0.05) is 4.43 Å². The molecule has 0 aromatic heterocycles. The average Bonchev–Trinajstić information content (AvgIpc) is 2.29. The second-order valence-corrected chi connectivity index (χ2v) is 5.11. The van der Waals surface area contributed by atoms with Gasteiger partial charge in [-0.3, -0.25) is 0 Å². The zero-order chi connectivity index (χ0) is 11.3. The third kappa shape index (κ3) is 4.28. The summed E-state index contributed by atoms with van der Waals surface area (Å²) in [4.78, 5) is 0. The lowest BCUT2D eigenvalue weighted by Crippen LogP contribution is -1.94. The molecule has 0 saturated carbocycles. The minimum Gasteiger partial charge on any atom is -0.497 e. The highest BCUT2D eigenvalue weighted by molar-refractivity contribution is 14.1. The molecular weight excluding hydrogens is 418 g/mol. The van der Waals surface area contributed by atoms with E-state index in [1.807, 2.05) is 30.3 Å². The van der Waals surface area contributed by atoms with E-state index in [-0.39, 0.29) is 0 Å². The molecular formula is C11H12I2O2. The van der Waals surface area contributed by atoms with Gasteiger partial charge in [-0.2, -0.15) is 0 Å². The van der Waals surface area contributed by atoms with Crippen molar-refractivity contribution in [3.8, 4) is 5.75 Å². The minimum atomic E-state index is -0.530. The van der Waals surface area contributed by atoms with Gasteiger partial charge in [0.05, 0.1) is 13.2 Å². The highest BCUT2D eigenvalue weighted by atomic mass is 127. The summed E-state index contributed by atoms with van der Waals surface area (Å²) in [7, 11) is 1.63. The number of ether oxygens (including phenoxy) is 1. The van der Waals surface area contributed by atoms with E-state index < -0.39 is 6.10 Å². The molecule has 4 heteroatoms. The summed E-state index contributed by atoms with van der Waals surface area (Å²) < 4.78 is 7.12. The van der Waals surface area contributed by atoms with Crippen LogP contribution >= 0.6 is 45.2 Å². The number of methoxy groups -OCH3 is 1. The SMILES string of the molecule is COc1ccc(C(O)/C=C(/I)CI)cc1. The smallest absolute Gasteiger partial charge is 0.118 e. The van der Waals surface area contributed by atoms with Crippen LogP contribution in [-0.2, 0) is 0 Å². The van der Waals surface area contributed by atoms with Crippen LogP contribution in [0.1, 0.15) is 11.7 Å². The number of alkyl halides is 1. The molecule has 15 heavy (non-hydrogen) atoms. The van der Waals surface area contributed by atoms with Gasteiger partial charge in [-0.05, 0) is 49.9 Å². The molecule has 0 radical (unpaired) electrons. The van der Waals surface area contributed by atoms with E-state index >= 15 is 0 Å². The van der Waals surface area contributed by atoms with Crippen LogP contribution in [0.25, 0.3) is 0 Å². The second-order valence-electron chi connectivity index (χ2n) is 2.97. The van der Waals surface area contributed by atoms with Crippen molar-refractivity contribution >= 4 is 45.2 Å². The van der Waals surface area contributed by atoms with Crippen molar-refractivity contribution in [2.24, 2.45) is 0 Å². The fourth-order valence-electron chi connectivity index (χ4n) is 1.11. The van der Waals surface area contributed by atoms with Crippen LogP contribution in [0.2, 0.25) is 0 Å². The number of hydrogen-bond donors (Lipinski definition) is 1. The Hall–Kier alpha value is 0.180. The first-order valence-corrected chi connectivity index (χ1v) is 7.02. The zero-order valence-corrected chi connectivity index (χ0v) is 12.6. The number of allylic oxidation sites excluding steroid dienone is 1. The fraction of sp³-hybridized carbons (Fsp3) is 0.273. The average molecular weight is 430 g/mol. The van der Waals surface area contributed by atoms with Gasteiger partial charge in [-0.1, -0.05) is 34.7 Å². The first-order chi connectivity index (χ1) is 7.17. The Labute approximate surface area is 117 Å². The maximum Gasteiger partial charge on any atom is 0.118 e. The first-order valence-electron chi connectivity index (χ1n) is 4.41. The molecule has 1 aromatic rings. The lowest BCUT2D eigenvalue weighted by Gasteiger charge is -2.07. The molecule has 0 fully saturated rings. The van der Waals surface area contributed by atoms with E-state index in [0.29, 0.717) is 0 Å². The van der Waals surface area contributed by atoms with Crippen LogP contribution in [0, 0.1) is 0 Å². The van der Waals surface area contributed by atoms with Crippen molar-refractivity contribution in [3.63, 3.8) is 0 Å². The van der Waals surface area contributed by atoms with Gasteiger partial charge in [0.2, 0.25) is 0 Å². The van der Waals surface area contributed by atoms with Crippen LogP contribution in [-0.4, -0.2) is 16.6 Å². The number of rotatable bonds is 4. The molecule has 1 atom stereocenters. The van der Waals surface area contributed by atoms with Crippen LogP contribution in [0.3, 0.4) is 0 Å². The molecule has 1 rings (SSSR count). The summed E-state index contributed by atoms with van der Waals surface area (Å²) in [6.45, 7) is 0. The predicted octanol–water partition coefficient (Wildman–Crippen LogP) is 3.48. The van der Waals surface area contributed by atoms with Gasteiger partial charge in [0.25, 0.3) is 0 Å². The number of benzene rings is 1. The topological polar surface area (TPSA) is 29.5 Å². The molecule has 0 aliphatic carbocycles. The van der Waals surface area contributed by atoms with Crippen LogP contribution in [0.5, 0.6) is 5.75 Å². The number of hydrogen-bond acceptors (Lipinski definition) is 2. The van der Waals surface area contributed by atoms with Crippen molar-refractivity contribution < 1.29 is 9.84 Å². The molecule has 0 spiro atoms. The van der Waals surface area contributed by atoms with Gasteiger partial charge in [0.1, 0.15) is 5.75 Å². The van der Waals surface area contributed by atoms with E-state index in [1.54, 1.807) is 7.11 Å². The highest BCUT2D eigenvalue weighted by Crippen LogP contribution is 2.22. The molecule has 1 N–H and O–H groups in total. The summed E-state index contributed by atoms with van der Waals surface area (Å²) in [5.74, 6) is 0.804. The molecule has 0 aliphatic rings. The van der Waals surface area contributed by atoms with Gasteiger partial charge < -0.3 is 9.84 Å². The van der Waals surface area contributed by atoms with Crippen molar-refractivity contribution in [1.82, 2.24) is 0 Å². The predicted molar refractivity (Wildman–Crippen MR) is 78.9 cm³/mol. The summed E-state index contributed by atoms with van der Waals surface area (Å²) in [6.07, 6.45) is 1.33. The minimum absolute atomic E-state index is 0.530. The number of aliphatic hydroxyl groups excluding tert-OH is 1. The molecule has 0 heterocycles. The molecule has 0 bridgehead atoms. The molecule has 1 aromatic carbocycles. The summed E-state index contributed by atoms with van der Waals surface area (Å²) in [6, 6.07) is 7.45.